The molecule has 1 saturated heterocycles. The van der Waals surface area contributed by atoms with Crippen LogP contribution in [0.15, 0.2) is 0 Å². The average Bonchev–Trinajstić information content (AvgIpc) is 3.06. The first-order valence-corrected chi connectivity index (χ1v) is 6.39. The summed E-state index contributed by atoms with van der Waals surface area (Å²) in [7, 11) is 0. The van der Waals surface area contributed by atoms with E-state index in [1.165, 1.54) is 4.80 Å². The molecule has 2 heterocycles. The minimum atomic E-state index is -0.487. The Morgan fingerprint density at radius 3 is 2.58 bits per heavy atom. The normalized spacial score (nSPS) is 14.5. The summed E-state index contributed by atoms with van der Waals surface area (Å²) in [6.07, 6.45) is 2.22. The van der Waals surface area contributed by atoms with Gasteiger partial charge in [-0.3, -0.25) is 20.4 Å². The first-order valence-electron chi connectivity index (χ1n) is 5.85. The molecule has 1 fully saturated rings. The number of hydrazine groups is 1. The van der Waals surface area contributed by atoms with Crippen molar-refractivity contribution in [3.05, 3.63) is 0 Å². The zero-order chi connectivity index (χ0) is 13.7. The molecule has 0 atom stereocenters. The van der Waals surface area contributed by atoms with Crippen LogP contribution in [0.2, 0.25) is 0 Å². The van der Waals surface area contributed by atoms with Crippen molar-refractivity contribution < 1.29 is 9.59 Å². The summed E-state index contributed by atoms with van der Waals surface area (Å²) in [5.41, 5.74) is 4.34. The van der Waals surface area contributed by atoms with Gasteiger partial charge >= 0.3 is 0 Å². The third-order valence-electron chi connectivity index (χ3n) is 2.58. The minimum absolute atomic E-state index is 0.122. The molecule has 10 heteroatoms. The van der Waals surface area contributed by atoms with E-state index in [1.54, 1.807) is 0 Å². The third kappa shape index (κ3) is 3.78. The zero-order valence-corrected chi connectivity index (χ0v) is 10.9. The maximum absolute atomic E-state index is 11.5. The van der Waals surface area contributed by atoms with Crippen molar-refractivity contribution in [1.29, 1.82) is 0 Å². The van der Waals surface area contributed by atoms with Crippen LogP contribution in [0.4, 0.5) is 5.95 Å². The fourth-order valence-electron chi connectivity index (χ4n) is 1.69. The number of alkyl halides is 1. The highest BCUT2D eigenvalue weighted by molar-refractivity contribution is 6.27. The van der Waals surface area contributed by atoms with Gasteiger partial charge in [0.05, 0.1) is 0 Å². The van der Waals surface area contributed by atoms with Crippen LogP contribution in [0.3, 0.4) is 0 Å². The summed E-state index contributed by atoms with van der Waals surface area (Å²) in [6, 6.07) is 0. The van der Waals surface area contributed by atoms with E-state index in [0.29, 0.717) is 5.95 Å². The molecule has 2 amide bonds. The van der Waals surface area contributed by atoms with Crippen LogP contribution < -0.4 is 15.8 Å². The SMILES string of the molecule is O=C(CCl)NNC(=O)Cn1nnc(N2CCCC2)n1. The first kappa shape index (κ1) is 13.5. The number of hydrogen-bond donors (Lipinski definition) is 2. The van der Waals surface area contributed by atoms with Gasteiger partial charge in [0.15, 0.2) is 0 Å². The van der Waals surface area contributed by atoms with Crippen LogP contribution in [0.1, 0.15) is 12.8 Å². The standard InChI is InChI=1S/C9H14ClN7O2/c10-5-7(18)11-12-8(19)6-17-14-9(13-15-17)16-3-1-2-4-16/h1-6H2,(H,11,18)(H,12,19). The van der Waals surface area contributed by atoms with Crippen molar-refractivity contribution >= 4 is 29.4 Å². The second-order valence-electron chi connectivity index (χ2n) is 4.04. The number of rotatable bonds is 4. The third-order valence-corrected chi connectivity index (χ3v) is 2.82. The number of nitrogens with one attached hydrogen (secondary N) is 2. The Hall–Kier alpha value is -1.90. The van der Waals surface area contributed by atoms with E-state index in [2.05, 4.69) is 26.3 Å². The monoisotopic (exact) mass is 287 g/mol. The molecule has 9 nitrogen and oxygen atoms in total. The number of carbonyl (C=O) groups is 2. The summed E-state index contributed by atoms with van der Waals surface area (Å²) in [5, 5.41) is 11.8. The summed E-state index contributed by atoms with van der Waals surface area (Å²) in [4.78, 5) is 25.5. The highest BCUT2D eigenvalue weighted by Gasteiger charge is 2.17. The lowest BCUT2D eigenvalue weighted by Crippen LogP contribution is -2.44. The van der Waals surface area contributed by atoms with E-state index in [4.69, 9.17) is 11.6 Å². The number of hydrogen-bond acceptors (Lipinski definition) is 6. The summed E-state index contributed by atoms with van der Waals surface area (Å²) >= 11 is 5.26. The summed E-state index contributed by atoms with van der Waals surface area (Å²) < 4.78 is 0. The molecular formula is C9H14ClN7O2. The molecule has 104 valence electrons. The van der Waals surface area contributed by atoms with Crippen molar-refractivity contribution in [2.45, 2.75) is 19.4 Å². The van der Waals surface area contributed by atoms with Gasteiger partial charge in [0.25, 0.3) is 17.8 Å². The Balaban J connectivity index is 1.82. The topological polar surface area (TPSA) is 105 Å². The van der Waals surface area contributed by atoms with Gasteiger partial charge in [-0.2, -0.15) is 4.80 Å². The van der Waals surface area contributed by atoms with E-state index in [0.717, 1.165) is 25.9 Å². The van der Waals surface area contributed by atoms with Crippen LogP contribution in [0.5, 0.6) is 0 Å². The smallest absolute Gasteiger partial charge is 0.266 e. The second kappa shape index (κ2) is 6.32. The molecule has 1 aromatic heterocycles. The van der Waals surface area contributed by atoms with Crippen molar-refractivity contribution in [1.82, 2.24) is 31.1 Å². The molecule has 1 aliphatic heterocycles. The molecule has 0 radical (unpaired) electrons. The molecule has 1 aliphatic rings. The van der Waals surface area contributed by atoms with Gasteiger partial charge < -0.3 is 4.90 Å². The Bertz CT molecular complexity index is 457. The second-order valence-corrected chi connectivity index (χ2v) is 4.31. The van der Waals surface area contributed by atoms with E-state index >= 15 is 0 Å². The van der Waals surface area contributed by atoms with Crippen molar-refractivity contribution in [2.75, 3.05) is 23.9 Å². The molecule has 2 rings (SSSR count). The minimum Gasteiger partial charge on any atom is -0.338 e. The number of anilines is 1. The van der Waals surface area contributed by atoms with Crippen LogP contribution in [-0.4, -0.2) is 51.0 Å². The molecule has 1 aromatic rings. The number of carbonyl (C=O) groups excluding carboxylic acids is 2. The van der Waals surface area contributed by atoms with Gasteiger partial charge in [-0.05, 0) is 18.1 Å². The molecule has 0 aromatic carbocycles. The molecule has 0 aliphatic carbocycles. The number of amides is 2. The number of tetrazole rings is 1. The molecule has 0 spiro atoms. The summed E-state index contributed by atoms with van der Waals surface area (Å²) in [5.74, 6) is -0.640. The van der Waals surface area contributed by atoms with Crippen LogP contribution in [-0.2, 0) is 16.1 Å². The van der Waals surface area contributed by atoms with Crippen molar-refractivity contribution in [2.24, 2.45) is 0 Å². The van der Waals surface area contributed by atoms with Crippen LogP contribution >= 0.6 is 11.6 Å². The number of aromatic nitrogens is 4. The largest absolute Gasteiger partial charge is 0.338 e. The number of halogens is 1. The molecule has 0 unspecified atom stereocenters. The van der Waals surface area contributed by atoms with Gasteiger partial charge in [0, 0.05) is 13.1 Å². The fourth-order valence-corrected chi connectivity index (χ4v) is 1.75. The van der Waals surface area contributed by atoms with Crippen LogP contribution in [0, 0.1) is 0 Å². The predicted molar refractivity (Wildman–Crippen MR) is 66.3 cm³/mol. The quantitative estimate of drug-likeness (QED) is 0.524. The highest BCUT2D eigenvalue weighted by atomic mass is 35.5. The molecule has 0 bridgehead atoms. The fraction of sp³-hybridized carbons (Fsp3) is 0.667. The first-order chi connectivity index (χ1) is 9.19. The van der Waals surface area contributed by atoms with E-state index in [-0.39, 0.29) is 12.4 Å². The van der Waals surface area contributed by atoms with E-state index < -0.39 is 11.8 Å². The van der Waals surface area contributed by atoms with Gasteiger partial charge in [0.1, 0.15) is 12.4 Å². The Morgan fingerprint density at radius 2 is 1.89 bits per heavy atom. The lowest BCUT2D eigenvalue weighted by molar-refractivity contribution is -0.128. The Morgan fingerprint density at radius 1 is 1.21 bits per heavy atom. The predicted octanol–water partition coefficient (Wildman–Crippen LogP) is -1.34. The van der Waals surface area contributed by atoms with Gasteiger partial charge in [-0.15, -0.1) is 16.7 Å². The van der Waals surface area contributed by atoms with Gasteiger partial charge in [-0.25, -0.2) is 0 Å². The van der Waals surface area contributed by atoms with Crippen molar-refractivity contribution in [3.63, 3.8) is 0 Å². The van der Waals surface area contributed by atoms with E-state index in [1.807, 2.05) is 4.90 Å². The molecule has 0 saturated carbocycles. The van der Waals surface area contributed by atoms with E-state index in [9.17, 15) is 9.59 Å². The lowest BCUT2D eigenvalue weighted by Gasteiger charge is -2.10. The molecular weight excluding hydrogens is 274 g/mol. The molecule has 2 N–H and O–H groups in total. The van der Waals surface area contributed by atoms with Crippen LogP contribution in [0.25, 0.3) is 0 Å². The Labute approximate surface area is 114 Å². The molecule has 19 heavy (non-hydrogen) atoms. The van der Waals surface area contributed by atoms with Gasteiger partial charge in [-0.1, -0.05) is 5.10 Å². The average molecular weight is 288 g/mol. The lowest BCUT2D eigenvalue weighted by atomic mass is 10.4. The Kier molecular flexibility index (Phi) is 4.50. The number of nitrogens with zero attached hydrogens (tertiary/aromatic N) is 5. The van der Waals surface area contributed by atoms with Gasteiger partial charge in [0.2, 0.25) is 0 Å². The highest BCUT2D eigenvalue weighted by Crippen LogP contribution is 2.13. The maximum Gasteiger partial charge on any atom is 0.266 e. The summed E-state index contributed by atoms with van der Waals surface area (Å²) in [6.45, 7) is 1.69. The van der Waals surface area contributed by atoms with Crippen molar-refractivity contribution in [3.8, 4) is 0 Å². The maximum atomic E-state index is 11.5. The zero-order valence-electron chi connectivity index (χ0n) is 10.2.